The average Bonchev–Trinajstić information content (AvgIpc) is 3.29. The van der Waals surface area contributed by atoms with Gasteiger partial charge in [0.2, 0.25) is 11.8 Å². The second-order valence-electron chi connectivity index (χ2n) is 10.8. The third-order valence-corrected chi connectivity index (χ3v) is 8.29. The van der Waals surface area contributed by atoms with Crippen molar-refractivity contribution in [1.82, 2.24) is 15.1 Å². The van der Waals surface area contributed by atoms with Gasteiger partial charge in [0.1, 0.15) is 6.04 Å². The molecule has 3 aliphatic heterocycles. The second-order valence-corrected chi connectivity index (χ2v) is 10.8. The van der Waals surface area contributed by atoms with Gasteiger partial charge < -0.3 is 10.2 Å². The van der Waals surface area contributed by atoms with Crippen LogP contribution < -0.4 is 10.6 Å². The highest BCUT2D eigenvalue weighted by Crippen LogP contribution is 2.34. The van der Waals surface area contributed by atoms with Crippen molar-refractivity contribution in [1.29, 1.82) is 0 Å². The number of benzene rings is 3. The van der Waals surface area contributed by atoms with Crippen LogP contribution in [0.2, 0.25) is 0 Å². The van der Waals surface area contributed by atoms with Crippen molar-refractivity contribution in [2.75, 3.05) is 18.4 Å². The van der Waals surface area contributed by atoms with Crippen LogP contribution in [-0.2, 0) is 22.7 Å². The number of fused-ring (bicyclic) bond motifs is 1. The van der Waals surface area contributed by atoms with E-state index in [9.17, 15) is 19.2 Å². The fourth-order valence-corrected chi connectivity index (χ4v) is 6.11. The van der Waals surface area contributed by atoms with Gasteiger partial charge in [-0.2, -0.15) is 0 Å². The molecule has 0 radical (unpaired) electrons. The first-order valence-corrected chi connectivity index (χ1v) is 13.9. The van der Waals surface area contributed by atoms with Gasteiger partial charge in [0.05, 0.1) is 0 Å². The Balaban J connectivity index is 1.08. The summed E-state index contributed by atoms with van der Waals surface area (Å²) >= 11 is 0. The van der Waals surface area contributed by atoms with Crippen molar-refractivity contribution >= 4 is 29.3 Å². The summed E-state index contributed by atoms with van der Waals surface area (Å²) in [5.74, 6) is -0.517. The highest BCUT2D eigenvalue weighted by Gasteiger charge is 2.39. The maximum Gasteiger partial charge on any atom is 0.255 e. The van der Waals surface area contributed by atoms with E-state index < -0.39 is 6.04 Å². The van der Waals surface area contributed by atoms with Crippen LogP contribution in [0.1, 0.15) is 69.0 Å². The molecule has 1 unspecified atom stereocenters. The standard InChI is InChI=1S/C32H32N4O4/c37-29-13-12-28(31(39)34-29)36-20-24-18-22(10-11-27(24)32(36)40)21-14-16-35(17-15-21)19-23-6-4-5-9-26(23)30(38)33-25-7-2-1-3-8-25/h1-11,18,21,28H,12-17,19-20H2,(H,33,38)(H,34,37,39). The summed E-state index contributed by atoms with van der Waals surface area (Å²) in [6.07, 6.45) is 2.60. The van der Waals surface area contributed by atoms with Crippen molar-refractivity contribution in [3.8, 4) is 0 Å². The van der Waals surface area contributed by atoms with Crippen LogP contribution in [0.15, 0.2) is 72.8 Å². The molecule has 0 saturated carbocycles. The molecule has 1 atom stereocenters. The molecule has 40 heavy (non-hydrogen) atoms. The molecule has 8 heteroatoms. The van der Waals surface area contributed by atoms with E-state index in [1.165, 1.54) is 5.56 Å². The number of nitrogens with one attached hydrogen (secondary N) is 2. The quantitative estimate of drug-likeness (QED) is 0.463. The number of hydrogen-bond donors (Lipinski definition) is 2. The predicted octanol–water partition coefficient (Wildman–Crippen LogP) is 4.08. The van der Waals surface area contributed by atoms with Crippen LogP contribution in [0, 0.1) is 0 Å². The molecule has 3 heterocycles. The summed E-state index contributed by atoms with van der Waals surface area (Å²) < 4.78 is 0. The van der Waals surface area contributed by atoms with E-state index in [4.69, 9.17) is 0 Å². The number of carbonyl (C=O) groups is 4. The number of anilines is 1. The molecule has 2 saturated heterocycles. The zero-order valence-corrected chi connectivity index (χ0v) is 22.3. The molecule has 2 N–H and O–H groups in total. The van der Waals surface area contributed by atoms with Gasteiger partial charge >= 0.3 is 0 Å². The summed E-state index contributed by atoms with van der Waals surface area (Å²) in [6, 6.07) is 22.7. The minimum atomic E-state index is -0.595. The van der Waals surface area contributed by atoms with Gasteiger partial charge in [0.15, 0.2) is 0 Å². The normalized spacial score (nSPS) is 19.9. The van der Waals surface area contributed by atoms with E-state index in [1.807, 2.05) is 66.7 Å². The molecule has 3 aliphatic rings. The zero-order valence-electron chi connectivity index (χ0n) is 22.3. The Morgan fingerprint density at radius 1 is 0.900 bits per heavy atom. The Morgan fingerprint density at radius 3 is 2.42 bits per heavy atom. The molecule has 3 aromatic rings. The van der Waals surface area contributed by atoms with Gasteiger partial charge in [-0.05, 0) is 79.2 Å². The first-order valence-electron chi connectivity index (χ1n) is 13.9. The molecule has 2 fully saturated rings. The Morgan fingerprint density at radius 2 is 1.65 bits per heavy atom. The van der Waals surface area contributed by atoms with Crippen molar-refractivity contribution < 1.29 is 19.2 Å². The second kappa shape index (κ2) is 11.1. The van der Waals surface area contributed by atoms with Gasteiger partial charge in [-0.25, -0.2) is 0 Å². The fourth-order valence-electron chi connectivity index (χ4n) is 6.11. The topological polar surface area (TPSA) is 98.8 Å². The molecule has 0 spiro atoms. The monoisotopic (exact) mass is 536 g/mol. The van der Waals surface area contributed by atoms with Crippen molar-refractivity contribution in [2.45, 2.75) is 50.7 Å². The predicted molar refractivity (Wildman–Crippen MR) is 151 cm³/mol. The molecule has 6 rings (SSSR count). The molecule has 3 aromatic carbocycles. The average molecular weight is 537 g/mol. The Kier molecular flexibility index (Phi) is 7.17. The summed E-state index contributed by atoms with van der Waals surface area (Å²) in [6.45, 7) is 2.94. The highest BCUT2D eigenvalue weighted by atomic mass is 16.2. The van der Waals surface area contributed by atoms with Gasteiger partial charge in [-0.1, -0.05) is 48.5 Å². The molecule has 0 bridgehead atoms. The number of amides is 4. The van der Waals surface area contributed by atoms with Crippen LogP contribution >= 0.6 is 0 Å². The third kappa shape index (κ3) is 5.27. The number of piperidine rings is 2. The summed E-state index contributed by atoms with van der Waals surface area (Å²) in [4.78, 5) is 53.9. The summed E-state index contributed by atoms with van der Waals surface area (Å²) in [5, 5.41) is 5.35. The van der Waals surface area contributed by atoms with Crippen LogP contribution in [0.3, 0.4) is 0 Å². The Labute approximate surface area is 233 Å². The lowest BCUT2D eigenvalue weighted by atomic mass is 9.87. The summed E-state index contributed by atoms with van der Waals surface area (Å²) in [5.41, 5.74) is 5.30. The third-order valence-electron chi connectivity index (χ3n) is 8.29. The zero-order chi connectivity index (χ0) is 27.6. The first kappa shape index (κ1) is 26.0. The molecule has 0 aromatic heterocycles. The highest BCUT2D eigenvalue weighted by molar-refractivity contribution is 6.06. The van der Waals surface area contributed by atoms with Crippen LogP contribution in [0.4, 0.5) is 5.69 Å². The molecular weight excluding hydrogens is 504 g/mol. The largest absolute Gasteiger partial charge is 0.322 e. The smallest absolute Gasteiger partial charge is 0.255 e. The number of hydrogen-bond acceptors (Lipinski definition) is 5. The number of imide groups is 1. The maximum atomic E-state index is 13.0. The van der Waals surface area contributed by atoms with E-state index in [0.29, 0.717) is 36.6 Å². The van der Waals surface area contributed by atoms with E-state index in [2.05, 4.69) is 21.6 Å². The fraction of sp³-hybridized carbons (Fsp3) is 0.312. The van der Waals surface area contributed by atoms with Crippen molar-refractivity contribution in [3.63, 3.8) is 0 Å². The molecule has 204 valence electrons. The minimum absolute atomic E-state index is 0.101. The van der Waals surface area contributed by atoms with E-state index in [-0.39, 0.29) is 30.0 Å². The Hall–Kier alpha value is -4.30. The number of likely N-dealkylation sites (tertiary alicyclic amines) is 1. The number of rotatable bonds is 6. The van der Waals surface area contributed by atoms with E-state index in [1.54, 1.807) is 4.90 Å². The first-order chi connectivity index (χ1) is 19.5. The van der Waals surface area contributed by atoms with Gasteiger partial charge in [0, 0.05) is 36.3 Å². The van der Waals surface area contributed by atoms with Gasteiger partial charge in [-0.15, -0.1) is 0 Å². The van der Waals surface area contributed by atoms with Gasteiger partial charge in [0.25, 0.3) is 11.8 Å². The molecular formula is C32H32N4O4. The van der Waals surface area contributed by atoms with E-state index >= 15 is 0 Å². The van der Waals surface area contributed by atoms with Crippen LogP contribution in [-0.4, -0.2) is 52.6 Å². The van der Waals surface area contributed by atoms with Crippen LogP contribution in [0.25, 0.3) is 0 Å². The number of para-hydroxylation sites is 1. The van der Waals surface area contributed by atoms with Crippen molar-refractivity contribution in [2.24, 2.45) is 0 Å². The van der Waals surface area contributed by atoms with Gasteiger partial charge in [-0.3, -0.25) is 29.4 Å². The van der Waals surface area contributed by atoms with Crippen LogP contribution in [0.5, 0.6) is 0 Å². The Bertz CT molecular complexity index is 1460. The summed E-state index contributed by atoms with van der Waals surface area (Å²) in [7, 11) is 0. The lowest BCUT2D eigenvalue weighted by molar-refractivity contribution is -0.136. The SMILES string of the molecule is O=C1CCC(N2Cc3cc(C4CCN(Cc5ccccc5C(=O)Nc5ccccc5)CC4)ccc3C2=O)C(=O)N1. The molecule has 8 nitrogen and oxygen atoms in total. The lowest BCUT2D eigenvalue weighted by Crippen LogP contribution is -2.52. The van der Waals surface area contributed by atoms with E-state index in [0.717, 1.165) is 42.7 Å². The molecule has 4 amide bonds. The lowest BCUT2D eigenvalue weighted by Gasteiger charge is -2.32. The minimum Gasteiger partial charge on any atom is -0.322 e. The number of carbonyl (C=O) groups excluding carboxylic acids is 4. The molecule has 0 aliphatic carbocycles. The van der Waals surface area contributed by atoms with Crippen molar-refractivity contribution in [3.05, 3.63) is 101 Å². The maximum absolute atomic E-state index is 13.0. The number of nitrogens with zero attached hydrogens (tertiary/aromatic N) is 2.